The maximum absolute atomic E-state index is 11.5. The Kier molecular flexibility index (Phi) is 4.07. The van der Waals surface area contributed by atoms with Crippen molar-refractivity contribution < 1.29 is 9.53 Å². The highest BCUT2D eigenvalue weighted by molar-refractivity contribution is 7.15. The molecule has 0 radical (unpaired) electrons. The highest BCUT2D eigenvalue weighted by Crippen LogP contribution is 2.29. The minimum Gasteiger partial charge on any atom is -0.489 e. The Morgan fingerprint density at radius 3 is 2.80 bits per heavy atom. The molecule has 0 spiro atoms. The van der Waals surface area contributed by atoms with Gasteiger partial charge < -0.3 is 4.74 Å². The number of carbonyl (C=O) groups is 1. The van der Waals surface area contributed by atoms with Gasteiger partial charge in [0, 0.05) is 17.1 Å². The van der Waals surface area contributed by atoms with Gasteiger partial charge in [0.15, 0.2) is 11.2 Å². The Bertz CT molecular complexity index is 1030. The summed E-state index contributed by atoms with van der Waals surface area (Å²) in [7, 11) is 0. The van der Waals surface area contributed by atoms with Gasteiger partial charge in [0.2, 0.25) is 0 Å². The van der Waals surface area contributed by atoms with Gasteiger partial charge in [-0.2, -0.15) is 0 Å². The second-order valence-electron chi connectivity index (χ2n) is 5.77. The van der Waals surface area contributed by atoms with E-state index >= 15 is 0 Å². The molecular formula is C20H16N2O2S. The molecule has 0 amide bonds. The summed E-state index contributed by atoms with van der Waals surface area (Å²) in [5.74, 6) is 0.835. The lowest BCUT2D eigenvalue weighted by Crippen LogP contribution is -1.97. The van der Waals surface area contributed by atoms with E-state index in [-0.39, 0.29) is 0 Å². The zero-order valence-corrected chi connectivity index (χ0v) is 14.5. The quantitative estimate of drug-likeness (QED) is 0.488. The topological polar surface area (TPSA) is 43.6 Å². The van der Waals surface area contributed by atoms with Gasteiger partial charge in [-0.1, -0.05) is 30.3 Å². The average Bonchev–Trinajstić information content (AvgIpc) is 3.22. The van der Waals surface area contributed by atoms with Gasteiger partial charge in [0.05, 0.1) is 0 Å². The molecule has 0 unspecified atom stereocenters. The van der Waals surface area contributed by atoms with Gasteiger partial charge in [0.25, 0.3) is 0 Å². The minimum atomic E-state index is 0.529. The lowest BCUT2D eigenvalue weighted by molar-refractivity contribution is 0.111. The van der Waals surface area contributed by atoms with E-state index in [4.69, 9.17) is 4.74 Å². The van der Waals surface area contributed by atoms with Crippen LogP contribution < -0.4 is 4.74 Å². The molecule has 2 aromatic carbocycles. The van der Waals surface area contributed by atoms with Crippen LogP contribution in [0.5, 0.6) is 5.75 Å². The number of benzene rings is 2. The minimum absolute atomic E-state index is 0.529. The smallest absolute Gasteiger partial charge is 0.194 e. The average molecular weight is 348 g/mol. The molecule has 0 fully saturated rings. The highest BCUT2D eigenvalue weighted by atomic mass is 32.1. The summed E-state index contributed by atoms with van der Waals surface area (Å²) in [6, 6.07) is 16.0. The summed E-state index contributed by atoms with van der Waals surface area (Å²) < 4.78 is 7.74. The fourth-order valence-electron chi connectivity index (χ4n) is 2.82. The lowest BCUT2D eigenvalue weighted by atomic mass is 10.1. The van der Waals surface area contributed by atoms with Crippen molar-refractivity contribution in [3.8, 4) is 17.0 Å². The number of nitrogens with zero attached hydrogens (tertiary/aromatic N) is 2. The number of fused-ring (bicyclic) bond motifs is 1. The molecule has 25 heavy (non-hydrogen) atoms. The summed E-state index contributed by atoms with van der Waals surface area (Å²) in [6.07, 6.45) is 2.72. The van der Waals surface area contributed by atoms with Crippen LogP contribution in [-0.4, -0.2) is 15.7 Å². The molecule has 4 rings (SSSR count). The largest absolute Gasteiger partial charge is 0.489 e. The lowest BCUT2D eigenvalue weighted by Gasteiger charge is -2.10. The molecule has 0 bridgehead atoms. The molecule has 124 valence electrons. The third-order valence-corrected chi connectivity index (χ3v) is 4.85. The van der Waals surface area contributed by atoms with Crippen LogP contribution in [0.1, 0.15) is 21.6 Å². The van der Waals surface area contributed by atoms with Gasteiger partial charge in [-0.15, -0.1) is 11.3 Å². The van der Waals surface area contributed by atoms with Crippen LogP contribution in [0.4, 0.5) is 0 Å². The number of carbonyl (C=O) groups excluding carboxylic acids is 1. The van der Waals surface area contributed by atoms with Crippen molar-refractivity contribution in [2.24, 2.45) is 0 Å². The highest BCUT2D eigenvalue weighted by Gasteiger charge is 2.15. The van der Waals surface area contributed by atoms with Crippen LogP contribution in [0.15, 0.2) is 60.1 Å². The second-order valence-corrected chi connectivity index (χ2v) is 6.65. The monoisotopic (exact) mass is 348 g/mol. The van der Waals surface area contributed by atoms with Crippen LogP contribution in [-0.2, 0) is 6.61 Å². The molecule has 0 saturated heterocycles. The summed E-state index contributed by atoms with van der Waals surface area (Å²) >= 11 is 1.51. The third kappa shape index (κ3) is 2.94. The molecule has 0 aliphatic heterocycles. The van der Waals surface area contributed by atoms with Crippen molar-refractivity contribution in [2.75, 3.05) is 0 Å². The van der Waals surface area contributed by atoms with E-state index in [1.807, 2.05) is 71.4 Å². The van der Waals surface area contributed by atoms with E-state index in [0.717, 1.165) is 33.7 Å². The Labute approximate surface area is 149 Å². The molecule has 5 heteroatoms. The van der Waals surface area contributed by atoms with Crippen molar-refractivity contribution in [1.29, 1.82) is 0 Å². The number of imidazole rings is 1. The Morgan fingerprint density at radius 2 is 2.04 bits per heavy atom. The maximum Gasteiger partial charge on any atom is 0.194 e. The SMILES string of the molecule is Cc1cc(-c2nc3sccn3c2C=O)ccc1OCc1ccccc1. The number of hydrogen-bond acceptors (Lipinski definition) is 4. The molecule has 0 saturated carbocycles. The molecule has 0 atom stereocenters. The molecule has 2 aromatic heterocycles. The predicted octanol–water partition coefficient (Wildman–Crippen LogP) is 4.76. The zero-order valence-electron chi connectivity index (χ0n) is 13.7. The van der Waals surface area contributed by atoms with E-state index in [2.05, 4.69) is 4.98 Å². The van der Waals surface area contributed by atoms with Crippen molar-refractivity contribution in [2.45, 2.75) is 13.5 Å². The molecular weight excluding hydrogens is 332 g/mol. The first-order valence-electron chi connectivity index (χ1n) is 7.95. The summed E-state index contributed by atoms with van der Waals surface area (Å²) in [5.41, 5.74) is 4.35. The molecule has 0 aliphatic rings. The van der Waals surface area contributed by atoms with Crippen molar-refractivity contribution >= 4 is 22.6 Å². The third-order valence-electron chi connectivity index (χ3n) is 4.10. The van der Waals surface area contributed by atoms with Crippen LogP contribution >= 0.6 is 11.3 Å². The van der Waals surface area contributed by atoms with E-state index < -0.39 is 0 Å². The normalized spacial score (nSPS) is 10.9. The van der Waals surface area contributed by atoms with Gasteiger partial charge >= 0.3 is 0 Å². The van der Waals surface area contributed by atoms with Crippen molar-refractivity contribution in [3.05, 3.63) is 76.9 Å². The maximum atomic E-state index is 11.5. The van der Waals surface area contributed by atoms with Gasteiger partial charge in [-0.3, -0.25) is 9.20 Å². The fourth-order valence-corrected chi connectivity index (χ4v) is 3.54. The van der Waals surface area contributed by atoms with E-state index in [0.29, 0.717) is 18.0 Å². The second kappa shape index (κ2) is 6.53. The van der Waals surface area contributed by atoms with E-state index in [1.165, 1.54) is 11.3 Å². The first-order valence-corrected chi connectivity index (χ1v) is 8.82. The molecule has 2 heterocycles. The molecule has 0 N–H and O–H groups in total. The Balaban J connectivity index is 1.62. The predicted molar refractivity (Wildman–Crippen MR) is 99.4 cm³/mol. The fraction of sp³-hybridized carbons (Fsp3) is 0.100. The molecule has 0 aliphatic carbocycles. The molecule has 4 aromatic rings. The number of aldehydes is 1. The number of ether oxygens (including phenoxy) is 1. The van der Waals surface area contributed by atoms with Gasteiger partial charge in [-0.25, -0.2) is 4.98 Å². The van der Waals surface area contributed by atoms with E-state index in [1.54, 1.807) is 0 Å². The summed E-state index contributed by atoms with van der Waals surface area (Å²) in [5, 5.41) is 1.92. The van der Waals surface area contributed by atoms with Crippen molar-refractivity contribution in [1.82, 2.24) is 9.38 Å². The van der Waals surface area contributed by atoms with E-state index in [9.17, 15) is 4.79 Å². The zero-order chi connectivity index (χ0) is 17.2. The van der Waals surface area contributed by atoms with Gasteiger partial charge in [0.1, 0.15) is 23.7 Å². The number of aromatic nitrogens is 2. The number of rotatable bonds is 5. The van der Waals surface area contributed by atoms with Crippen LogP contribution in [0.2, 0.25) is 0 Å². The van der Waals surface area contributed by atoms with Crippen LogP contribution in [0, 0.1) is 6.92 Å². The Hall–Kier alpha value is -2.92. The Morgan fingerprint density at radius 1 is 1.20 bits per heavy atom. The van der Waals surface area contributed by atoms with Crippen LogP contribution in [0.3, 0.4) is 0 Å². The first-order chi connectivity index (χ1) is 12.3. The number of thiazole rings is 1. The number of aryl methyl sites for hydroxylation is 1. The summed E-state index contributed by atoms with van der Waals surface area (Å²) in [6.45, 7) is 2.53. The number of hydrogen-bond donors (Lipinski definition) is 0. The van der Waals surface area contributed by atoms with Crippen molar-refractivity contribution in [3.63, 3.8) is 0 Å². The first kappa shape index (κ1) is 15.6. The van der Waals surface area contributed by atoms with Crippen LogP contribution in [0.25, 0.3) is 16.2 Å². The molecule has 4 nitrogen and oxygen atoms in total. The summed E-state index contributed by atoms with van der Waals surface area (Å²) in [4.78, 5) is 16.9. The van der Waals surface area contributed by atoms with Gasteiger partial charge in [-0.05, 0) is 36.2 Å². The standard InChI is InChI=1S/C20H16N2O2S/c1-14-11-16(19-17(12-23)22-9-10-25-20(22)21-19)7-8-18(14)24-13-15-5-3-2-4-6-15/h2-12H,13H2,1H3.